The molecule has 0 aliphatic heterocycles. The summed E-state index contributed by atoms with van der Waals surface area (Å²) < 4.78 is 6.59. The van der Waals surface area contributed by atoms with E-state index in [2.05, 4.69) is 43.3 Å². The molecule has 3 aromatic rings. The molecule has 0 aliphatic rings. The van der Waals surface area contributed by atoms with Gasteiger partial charge in [0.25, 0.3) is 0 Å². The molecule has 0 amide bonds. The zero-order chi connectivity index (χ0) is 18.7. The molecular weight excluding hydrogens is 326 g/mol. The topological polar surface area (TPSA) is 47.4 Å². The quantitative estimate of drug-likeness (QED) is 0.659. The molecule has 5 heteroatoms. The van der Waals surface area contributed by atoms with Crippen molar-refractivity contribution in [1.29, 1.82) is 0 Å². The fraction of sp³-hybridized carbons (Fsp3) is 0.238. The zero-order valence-electron chi connectivity index (χ0n) is 15.6. The molecule has 0 bridgehead atoms. The van der Waals surface area contributed by atoms with Gasteiger partial charge in [-0.2, -0.15) is 5.10 Å². The van der Waals surface area contributed by atoms with Crippen LogP contribution in [0.25, 0.3) is 16.9 Å². The number of benzene rings is 2. The lowest BCUT2D eigenvalue weighted by molar-refractivity contribution is 0.0600. The first-order valence-electron chi connectivity index (χ1n) is 8.47. The molecule has 0 atom stereocenters. The van der Waals surface area contributed by atoms with E-state index >= 15 is 0 Å². The Hall–Kier alpha value is -2.92. The van der Waals surface area contributed by atoms with E-state index in [1.807, 2.05) is 25.3 Å². The lowest BCUT2D eigenvalue weighted by atomic mass is 10.1. The van der Waals surface area contributed by atoms with Crippen LogP contribution in [-0.2, 0) is 11.3 Å². The summed E-state index contributed by atoms with van der Waals surface area (Å²) in [5.41, 5.74) is 5.69. The molecule has 0 fully saturated rings. The van der Waals surface area contributed by atoms with Gasteiger partial charge in [-0.3, -0.25) is 0 Å². The molecule has 1 heterocycles. The van der Waals surface area contributed by atoms with Crippen molar-refractivity contribution in [3.05, 3.63) is 71.4 Å². The van der Waals surface area contributed by atoms with Gasteiger partial charge in [-0.05, 0) is 50.3 Å². The molecule has 3 rings (SSSR count). The van der Waals surface area contributed by atoms with Gasteiger partial charge in [0, 0.05) is 18.3 Å². The number of carbonyl (C=O) groups is 1. The summed E-state index contributed by atoms with van der Waals surface area (Å²) in [7, 11) is 5.50. The largest absolute Gasteiger partial charge is 0.465 e. The van der Waals surface area contributed by atoms with Crippen LogP contribution in [0.2, 0.25) is 0 Å². The Morgan fingerprint density at radius 1 is 1.15 bits per heavy atom. The van der Waals surface area contributed by atoms with Crippen LogP contribution in [0.5, 0.6) is 0 Å². The molecule has 0 saturated heterocycles. The van der Waals surface area contributed by atoms with Crippen LogP contribution < -0.4 is 0 Å². The first-order chi connectivity index (χ1) is 12.5. The second kappa shape index (κ2) is 7.54. The van der Waals surface area contributed by atoms with Gasteiger partial charge in [-0.25, -0.2) is 9.48 Å². The summed E-state index contributed by atoms with van der Waals surface area (Å²) in [5.74, 6) is -0.354. The molecule has 0 aliphatic carbocycles. The minimum absolute atomic E-state index is 0.354. The van der Waals surface area contributed by atoms with Crippen molar-refractivity contribution >= 4 is 5.97 Å². The van der Waals surface area contributed by atoms with Crippen molar-refractivity contribution < 1.29 is 9.53 Å². The normalized spacial score (nSPS) is 11.0. The Labute approximate surface area is 153 Å². The van der Waals surface area contributed by atoms with Crippen molar-refractivity contribution in [2.24, 2.45) is 0 Å². The first-order valence-corrected chi connectivity index (χ1v) is 8.47. The Morgan fingerprint density at radius 3 is 2.54 bits per heavy atom. The standard InChI is InChI=1S/C21H23N3O2/c1-15-13-24(19-7-5-6-18(12-19)21(25)26-4)22-20(15)17-10-8-16(9-11-17)14-23(2)3/h5-13H,14H2,1-4H3. The van der Waals surface area contributed by atoms with Crippen LogP contribution in [0.4, 0.5) is 0 Å². The maximum atomic E-state index is 11.7. The third-order valence-electron chi connectivity index (χ3n) is 4.16. The van der Waals surface area contributed by atoms with Gasteiger partial charge < -0.3 is 9.64 Å². The highest BCUT2D eigenvalue weighted by Gasteiger charge is 2.11. The van der Waals surface area contributed by atoms with Crippen molar-refractivity contribution in [1.82, 2.24) is 14.7 Å². The van der Waals surface area contributed by atoms with Crippen molar-refractivity contribution in [3.8, 4) is 16.9 Å². The second-order valence-electron chi connectivity index (χ2n) is 6.58. The molecule has 134 valence electrons. The summed E-state index contributed by atoms with van der Waals surface area (Å²) in [6.45, 7) is 2.95. The van der Waals surface area contributed by atoms with E-state index in [9.17, 15) is 4.79 Å². The average Bonchev–Trinajstić information content (AvgIpc) is 3.03. The Bertz CT molecular complexity index is 911. The molecule has 0 saturated carbocycles. The lowest BCUT2D eigenvalue weighted by Gasteiger charge is -2.09. The summed E-state index contributed by atoms with van der Waals surface area (Å²) in [4.78, 5) is 13.9. The van der Waals surface area contributed by atoms with Crippen molar-refractivity contribution in [2.45, 2.75) is 13.5 Å². The van der Waals surface area contributed by atoms with E-state index in [0.29, 0.717) is 5.56 Å². The van der Waals surface area contributed by atoms with E-state index in [1.54, 1.807) is 16.8 Å². The Kier molecular flexibility index (Phi) is 5.19. The van der Waals surface area contributed by atoms with Gasteiger partial charge >= 0.3 is 5.97 Å². The number of esters is 1. The molecule has 2 aromatic carbocycles. The van der Waals surface area contributed by atoms with E-state index < -0.39 is 0 Å². The number of rotatable bonds is 5. The third kappa shape index (κ3) is 3.83. The predicted octanol–water partition coefficient (Wildman–Crippen LogP) is 3.70. The van der Waals surface area contributed by atoms with E-state index in [1.165, 1.54) is 12.7 Å². The smallest absolute Gasteiger partial charge is 0.337 e. The van der Waals surface area contributed by atoms with Gasteiger partial charge in [-0.1, -0.05) is 30.3 Å². The number of nitrogens with zero attached hydrogens (tertiary/aromatic N) is 3. The monoisotopic (exact) mass is 349 g/mol. The van der Waals surface area contributed by atoms with Crippen LogP contribution in [0.3, 0.4) is 0 Å². The van der Waals surface area contributed by atoms with Gasteiger partial charge in [0.2, 0.25) is 0 Å². The average molecular weight is 349 g/mol. The Balaban J connectivity index is 1.91. The highest BCUT2D eigenvalue weighted by molar-refractivity contribution is 5.89. The summed E-state index contributed by atoms with van der Waals surface area (Å²) in [5, 5.41) is 4.72. The van der Waals surface area contributed by atoms with Gasteiger partial charge in [0.15, 0.2) is 0 Å². The minimum Gasteiger partial charge on any atom is -0.465 e. The molecule has 5 nitrogen and oxygen atoms in total. The van der Waals surface area contributed by atoms with Gasteiger partial charge in [0.05, 0.1) is 24.1 Å². The van der Waals surface area contributed by atoms with Gasteiger partial charge in [-0.15, -0.1) is 0 Å². The molecule has 0 unspecified atom stereocenters. The zero-order valence-corrected chi connectivity index (χ0v) is 15.6. The predicted molar refractivity (Wildman–Crippen MR) is 102 cm³/mol. The maximum absolute atomic E-state index is 11.7. The molecule has 0 N–H and O–H groups in total. The summed E-state index contributed by atoms with van der Waals surface area (Å²) >= 11 is 0. The number of hydrogen-bond acceptors (Lipinski definition) is 4. The highest BCUT2D eigenvalue weighted by Crippen LogP contribution is 2.24. The molecule has 0 spiro atoms. The second-order valence-corrected chi connectivity index (χ2v) is 6.58. The number of methoxy groups -OCH3 is 1. The number of aromatic nitrogens is 2. The first kappa shape index (κ1) is 17.9. The highest BCUT2D eigenvalue weighted by atomic mass is 16.5. The fourth-order valence-electron chi connectivity index (χ4n) is 2.90. The van der Waals surface area contributed by atoms with E-state index in [0.717, 1.165) is 29.1 Å². The summed E-state index contributed by atoms with van der Waals surface area (Å²) in [6, 6.07) is 15.7. The number of carbonyl (C=O) groups excluding carboxylic acids is 1. The fourth-order valence-corrected chi connectivity index (χ4v) is 2.90. The number of hydrogen-bond donors (Lipinski definition) is 0. The molecule has 0 radical (unpaired) electrons. The number of aryl methyl sites for hydroxylation is 1. The van der Waals surface area contributed by atoms with Crippen molar-refractivity contribution in [3.63, 3.8) is 0 Å². The lowest BCUT2D eigenvalue weighted by Crippen LogP contribution is -2.10. The van der Waals surface area contributed by atoms with Crippen LogP contribution in [0, 0.1) is 6.92 Å². The van der Waals surface area contributed by atoms with E-state index in [-0.39, 0.29) is 5.97 Å². The third-order valence-corrected chi connectivity index (χ3v) is 4.16. The van der Waals surface area contributed by atoms with Crippen LogP contribution >= 0.6 is 0 Å². The number of ether oxygens (including phenoxy) is 1. The minimum atomic E-state index is -0.354. The molecule has 26 heavy (non-hydrogen) atoms. The summed E-state index contributed by atoms with van der Waals surface area (Å²) in [6.07, 6.45) is 1.97. The Morgan fingerprint density at radius 2 is 1.88 bits per heavy atom. The molecule has 1 aromatic heterocycles. The van der Waals surface area contributed by atoms with Crippen LogP contribution in [0.1, 0.15) is 21.5 Å². The maximum Gasteiger partial charge on any atom is 0.337 e. The van der Waals surface area contributed by atoms with E-state index in [4.69, 9.17) is 9.84 Å². The van der Waals surface area contributed by atoms with Crippen LogP contribution in [0.15, 0.2) is 54.7 Å². The molecular formula is C21H23N3O2. The van der Waals surface area contributed by atoms with Crippen LogP contribution in [-0.4, -0.2) is 41.9 Å². The van der Waals surface area contributed by atoms with Crippen molar-refractivity contribution in [2.75, 3.05) is 21.2 Å². The SMILES string of the molecule is COC(=O)c1cccc(-n2cc(C)c(-c3ccc(CN(C)C)cc3)n2)c1. The van der Waals surface area contributed by atoms with Gasteiger partial charge in [0.1, 0.15) is 0 Å².